The average molecular weight is 231 g/mol. The van der Waals surface area contributed by atoms with Crippen LogP contribution >= 0.6 is 11.8 Å². The largest absolute Gasteiger partial charge is 0.265 e. The number of hydrogen-bond donors (Lipinski definition) is 0. The molecule has 0 aliphatic carbocycles. The summed E-state index contributed by atoms with van der Waals surface area (Å²) in [4.78, 5) is 3.98. The van der Waals surface area contributed by atoms with E-state index < -0.39 is 0 Å². The Bertz CT molecular complexity index is 440. The maximum Gasteiger partial charge on any atom is 0.119 e. The summed E-state index contributed by atoms with van der Waals surface area (Å²) >= 11 is 1.72. The van der Waals surface area contributed by atoms with E-state index in [9.17, 15) is 0 Å². The fraction of sp³-hybridized carbons (Fsp3) is 0.250. The van der Waals surface area contributed by atoms with Crippen LogP contribution in [-0.2, 0) is 0 Å². The molecule has 0 saturated heterocycles. The monoisotopic (exact) mass is 231 g/mol. The van der Waals surface area contributed by atoms with E-state index in [1.807, 2.05) is 24.3 Å². The van der Waals surface area contributed by atoms with Crippen LogP contribution in [0.3, 0.4) is 0 Å². The van der Waals surface area contributed by atoms with Crippen LogP contribution in [-0.4, -0.2) is 20.4 Å². The van der Waals surface area contributed by atoms with Crippen LogP contribution in [0.25, 0.3) is 11.3 Å². The highest BCUT2D eigenvalue weighted by molar-refractivity contribution is 7.99. The molecule has 0 spiro atoms. The van der Waals surface area contributed by atoms with Crippen molar-refractivity contribution >= 4 is 11.8 Å². The van der Waals surface area contributed by atoms with Crippen molar-refractivity contribution in [3.8, 4) is 11.3 Å². The van der Waals surface area contributed by atoms with E-state index in [4.69, 9.17) is 0 Å². The molecule has 0 radical (unpaired) electrons. The summed E-state index contributed by atoms with van der Waals surface area (Å²) < 4.78 is 0. The SMILES string of the molecule is CC(C)Sc1ccc(-c2ccncc2)nn1. The van der Waals surface area contributed by atoms with E-state index in [1.165, 1.54) is 0 Å². The van der Waals surface area contributed by atoms with E-state index in [1.54, 1.807) is 24.2 Å². The van der Waals surface area contributed by atoms with Crippen LogP contribution in [0.5, 0.6) is 0 Å². The summed E-state index contributed by atoms with van der Waals surface area (Å²) in [6, 6.07) is 7.86. The summed E-state index contributed by atoms with van der Waals surface area (Å²) in [7, 11) is 0. The molecule has 2 aromatic heterocycles. The Labute approximate surface area is 99.3 Å². The van der Waals surface area contributed by atoms with Crippen molar-refractivity contribution in [2.24, 2.45) is 0 Å². The van der Waals surface area contributed by atoms with E-state index in [-0.39, 0.29) is 0 Å². The van der Waals surface area contributed by atoms with Gasteiger partial charge in [0.2, 0.25) is 0 Å². The minimum Gasteiger partial charge on any atom is -0.265 e. The zero-order valence-corrected chi connectivity index (χ0v) is 10.1. The molecule has 0 aliphatic heterocycles. The van der Waals surface area contributed by atoms with Crippen LogP contribution in [0, 0.1) is 0 Å². The van der Waals surface area contributed by atoms with E-state index in [0.29, 0.717) is 5.25 Å². The Kier molecular flexibility index (Phi) is 3.51. The highest BCUT2D eigenvalue weighted by Gasteiger charge is 2.02. The van der Waals surface area contributed by atoms with Gasteiger partial charge in [-0.3, -0.25) is 4.98 Å². The van der Waals surface area contributed by atoms with Crippen LogP contribution in [0.1, 0.15) is 13.8 Å². The Morgan fingerprint density at radius 3 is 2.31 bits per heavy atom. The van der Waals surface area contributed by atoms with Crippen molar-refractivity contribution in [3.05, 3.63) is 36.7 Å². The Morgan fingerprint density at radius 1 is 1.00 bits per heavy atom. The molecule has 0 bridgehead atoms. The third-order valence-corrected chi connectivity index (χ3v) is 2.90. The second kappa shape index (κ2) is 5.07. The summed E-state index contributed by atoms with van der Waals surface area (Å²) in [6.45, 7) is 4.28. The average Bonchev–Trinajstić information content (AvgIpc) is 2.30. The molecular weight excluding hydrogens is 218 g/mol. The van der Waals surface area contributed by atoms with Crippen molar-refractivity contribution < 1.29 is 0 Å². The maximum absolute atomic E-state index is 4.20. The fourth-order valence-corrected chi connectivity index (χ4v) is 2.02. The van der Waals surface area contributed by atoms with Gasteiger partial charge in [0.05, 0.1) is 5.69 Å². The molecule has 0 N–H and O–H groups in total. The zero-order valence-electron chi connectivity index (χ0n) is 9.29. The van der Waals surface area contributed by atoms with Gasteiger partial charge >= 0.3 is 0 Å². The van der Waals surface area contributed by atoms with Gasteiger partial charge in [0.15, 0.2) is 0 Å². The van der Waals surface area contributed by atoms with Crippen LogP contribution in [0.4, 0.5) is 0 Å². The summed E-state index contributed by atoms with van der Waals surface area (Å²) in [6.07, 6.45) is 3.52. The highest BCUT2D eigenvalue weighted by Crippen LogP contribution is 2.22. The lowest BCUT2D eigenvalue weighted by Gasteiger charge is -2.03. The van der Waals surface area contributed by atoms with Crippen LogP contribution < -0.4 is 0 Å². The molecule has 0 fully saturated rings. The van der Waals surface area contributed by atoms with Crippen molar-refractivity contribution in [2.45, 2.75) is 24.1 Å². The first kappa shape index (κ1) is 11.1. The third-order valence-electron chi connectivity index (χ3n) is 1.97. The lowest BCUT2D eigenvalue weighted by molar-refractivity contribution is 0.929. The molecule has 4 heteroatoms. The number of nitrogens with zero attached hydrogens (tertiary/aromatic N) is 3. The highest BCUT2D eigenvalue weighted by atomic mass is 32.2. The first-order valence-electron chi connectivity index (χ1n) is 5.16. The molecule has 2 heterocycles. The van der Waals surface area contributed by atoms with Gasteiger partial charge in [-0.1, -0.05) is 13.8 Å². The number of pyridine rings is 1. The van der Waals surface area contributed by atoms with Crippen molar-refractivity contribution in [2.75, 3.05) is 0 Å². The second-order valence-corrected chi connectivity index (χ2v) is 5.26. The van der Waals surface area contributed by atoms with Gasteiger partial charge in [0.25, 0.3) is 0 Å². The lowest BCUT2D eigenvalue weighted by Crippen LogP contribution is -1.92. The minimum atomic E-state index is 0.529. The number of thioether (sulfide) groups is 1. The predicted octanol–water partition coefficient (Wildman–Crippen LogP) is 3.04. The molecule has 0 amide bonds. The number of rotatable bonds is 3. The standard InChI is InChI=1S/C12H13N3S/c1-9(2)16-12-4-3-11(14-15-12)10-5-7-13-8-6-10/h3-9H,1-2H3. The van der Waals surface area contributed by atoms with Crippen LogP contribution in [0.2, 0.25) is 0 Å². The van der Waals surface area contributed by atoms with Crippen molar-refractivity contribution in [3.63, 3.8) is 0 Å². The maximum atomic E-state index is 4.20. The smallest absolute Gasteiger partial charge is 0.119 e. The van der Waals surface area contributed by atoms with Gasteiger partial charge in [-0.25, -0.2) is 0 Å². The van der Waals surface area contributed by atoms with Crippen molar-refractivity contribution in [1.29, 1.82) is 0 Å². The first-order valence-corrected chi connectivity index (χ1v) is 6.04. The second-order valence-electron chi connectivity index (χ2n) is 3.66. The molecule has 82 valence electrons. The van der Waals surface area contributed by atoms with Crippen molar-refractivity contribution in [1.82, 2.24) is 15.2 Å². The number of aromatic nitrogens is 3. The van der Waals surface area contributed by atoms with E-state index in [2.05, 4.69) is 29.0 Å². The normalized spacial score (nSPS) is 10.7. The lowest BCUT2D eigenvalue weighted by atomic mass is 10.2. The summed E-state index contributed by atoms with van der Waals surface area (Å²) in [5, 5.41) is 9.89. The summed E-state index contributed by atoms with van der Waals surface area (Å²) in [5.74, 6) is 0. The molecule has 0 atom stereocenters. The van der Waals surface area contributed by atoms with Gasteiger partial charge in [-0.2, -0.15) is 0 Å². The Hall–Kier alpha value is -1.42. The Morgan fingerprint density at radius 2 is 1.75 bits per heavy atom. The third kappa shape index (κ3) is 2.79. The molecule has 3 nitrogen and oxygen atoms in total. The van der Waals surface area contributed by atoms with E-state index in [0.717, 1.165) is 16.3 Å². The fourth-order valence-electron chi connectivity index (χ4n) is 1.30. The van der Waals surface area contributed by atoms with E-state index >= 15 is 0 Å². The molecule has 0 unspecified atom stereocenters. The molecule has 2 aromatic rings. The molecule has 0 aliphatic rings. The zero-order chi connectivity index (χ0) is 11.4. The van der Waals surface area contributed by atoms with Gasteiger partial charge in [0, 0.05) is 23.2 Å². The molecule has 2 rings (SSSR count). The Balaban J connectivity index is 2.20. The molecule has 0 saturated carbocycles. The van der Waals surface area contributed by atoms with Gasteiger partial charge in [-0.15, -0.1) is 22.0 Å². The van der Waals surface area contributed by atoms with Gasteiger partial charge < -0.3 is 0 Å². The van der Waals surface area contributed by atoms with Crippen LogP contribution in [0.15, 0.2) is 41.7 Å². The summed E-state index contributed by atoms with van der Waals surface area (Å²) in [5.41, 5.74) is 1.93. The molecule has 0 aromatic carbocycles. The predicted molar refractivity (Wildman–Crippen MR) is 66.3 cm³/mol. The molecular formula is C12H13N3S. The topological polar surface area (TPSA) is 38.7 Å². The number of hydrogen-bond acceptors (Lipinski definition) is 4. The first-order chi connectivity index (χ1) is 7.75. The quantitative estimate of drug-likeness (QED) is 0.761. The molecule has 16 heavy (non-hydrogen) atoms. The van der Waals surface area contributed by atoms with Gasteiger partial charge in [0.1, 0.15) is 5.03 Å². The van der Waals surface area contributed by atoms with Gasteiger partial charge in [-0.05, 0) is 24.3 Å². The minimum absolute atomic E-state index is 0.529.